The van der Waals surface area contributed by atoms with E-state index < -0.39 is 20.0 Å². The molecule has 3 atom stereocenters. The van der Waals surface area contributed by atoms with E-state index in [4.69, 9.17) is 9.05 Å². The van der Waals surface area contributed by atoms with Crippen LogP contribution in [0.3, 0.4) is 0 Å². The Morgan fingerprint density at radius 3 is 1.07 bits per heavy atom. The van der Waals surface area contributed by atoms with E-state index in [2.05, 4.69) is 79.9 Å². The molecule has 0 aromatic rings. The number of nitrogens with zero attached hydrogens (tertiary/aromatic N) is 1. The van der Waals surface area contributed by atoms with Crippen LogP contribution in [0.5, 0.6) is 0 Å². The maximum atomic E-state index is 13.0. The summed E-state index contributed by atoms with van der Waals surface area (Å²) < 4.78 is 23.5. The van der Waals surface area contributed by atoms with Gasteiger partial charge in [0.1, 0.15) is 13.2 Å². The van der Waals surface area contributed by atoms with Gasteiger partial charge in [0.25, 0.3) is 7.82 Å². The fraction of sp³-hybridized carbons (Fsp3) is 0.824. The molecule has 0 radical (unpaired) electrons. The van der Waals surface area contributed by atoms with E-state index in [-0.39, 0.29) is 19.1 Å². The van der Waals surface area contributed by atoms with Crippen molar-refractivity contribution in [3.63, 3.8) is 0 Å². The van der Waals surface area contributed by atoms with Crippen molar-refractivity contribution in [2.24, 2.45) is 0 Å². The molecule has 0 rings (SSSR count). The number of allylic oxidation sites excluding steroid dienone is 11. The molecule has 0 aliphatic carbocycles. The maximum absolute atomic E-state index is 13.0. The Hall–Kier alpha value is -2.06. The monoisotopic (exact) mass is 1180 g/mol. The molecule has 0 aromatic heterocycles. The van der Waals surface area contributed by atoms with Crippen LogP contribution in [0, 0.1) is 0 Å². The van der Waals surface area contributed by atoms with Gasteiger partial charge >= 0.3 is 0 Å². The summed E-state index contributed by atoms with van der Waals surface area (Å²) in [6.07, 6.45) is 90.3. The second kappa shape index (κ2) is 64.4. The number of phosphoric ester groups is 1. The summed E-state index contributed by atoms with van der Waals surface area (Å²) in [4.78, 5) is 25.7. The largest absolute Gasteiger partial charge is 0.756 e. The first-order chi connectivity index (χ1) is 40.5. The van der Waals surface area contributed by atoms with Gasteiger partial charge in [0.15, 0.2) is 0 Å². The van der Waals surface area contributed by atoms with Gasteiger partial charge in [-0.2, -0.15) is 0 Å². The second-order valence-electron chi connectivity index (χ2n) is 25.6. The average molecular weight is 1180 g/mol. The number of quaternary nitrogens is 1. The number of hydrogen-bond acceptors (Lipinski definition) is 6. The van der Waals surface area contributed by atoms with Crippen LogP contribution in [0.1, 0.15) is 341 Å². The van der Waals surface area contributed by atoms with E-state index in [1.54, 1.807) is 6.08 Å². The van der Waals surface area contributed by atoms with Gasteiger partial charge in [-0.25, -0.2) is 0 Å². The van der Waals surface area contributed by atoms with Crippen LogP contribution in [0.15, 0.2) is 72.9 Å². The Morgan fingerprint density at radius 2 is 0.735 bits per heavy atom. The number of carbonyl (C=O) groups is 1. The molecule has 0 aliphatic heterocycles. The van der Waals surface area contributed by atoms with Gasteiger partial charge in [0, 0.05) is 6.42 Å². The predicted octanol–water partition coefficient (Wildman–Crippen LogP) is 22.3. The topological polar surface area (TPSA) is 108 Å². The fourth-order valence-electron chi connectivity index (χ4n) is 10.7. The van der Waals surface area contributed by atoms with Crippen LogP contribution in [0.2, 0.25) is 0 Å². The van der Waals surface area contributed by atoms with E-state index in [0.29, 0.717) is 17.4 Å². The van der Waals surface area contributed by atoms with Crippen molar-refractivity contribution < 1.29 is 32.9 Å². The van der Waals surface area contributed by atoms with Crippen LogP contribution in [-0.2, 0) is 18.4 Å². The quantitative estimate of drug-likeness (QED) is 0.0272. The van der Waals surface area contributed by atoms with Crippen molar-refractivity contribution in [3.8, 4) is 0 Å². The van der Waals surface area contributed by atoms with Gasteiger partial charge in [-0.05, 0) is 64.2 Å². The minimum absolute atomic E-state index is 0.00131. The van der Waals surface area contributed by atoms with Crippen LogP contribution in [0.25, 0.3) is 0 Å². The third-order valence-corrected chi connectivity index (χ3v) is 17.1. The molecule has 83 heavy (non-hydrogen) atoms. The van der Waals surface area contributed by atoms with Gasteiger partial charge in [-0.3, -0.25) is 9.36 Å². The Bertz CT molecular complexity index is 1580. The van der Waals surface area contributed by atoms with Crippen LogP contribution >= 0.6 is 7.82 Å². The molecule has 0 fully saturated rings. The second-order valence-corrected chi connectivity index (χ2v) is 27.0. The molecular formula is C74H139N2O6P. The van der Waals surface area contributed by atoms with Crippen LogP contribution in [0.4, 0.5) is 0 Å². The highest BCUT2D eigenvalue weighted by atomic mass is 31.2. The first-order valence-corrected chi connectivity index (χ1v) is 37.3. The molecule has 0 spiro atoms. The summed E-state index contributed by atoms with van der Waals surface area (Å²) in [5, 5.41) is 14.0. The van der Waals surface area contributed by atoms with Crippen molar-refractivity contribution in [1.29, 1.82) is 0 Å². The number of unbranched alkanes of at least 4 members (excludes halogenated alkanes) is 43. The van der Waals surface area contributed by atoms with Crippen molar-refractivity contribution in [1.82, 2.24) is 5.32 Å². The number of aliphatic hydroxyl groups excluding tert-OH is 1. The number of phosphoric acid groups is 1. The summed E-state index contributed by atoms with van der Waals surface area (Å²) in [7, 11) is 1.27. The first kappa shape index (κ1) is 80.9. The fourth-order valence-corrected chi connectivity index (χ4v) is 11.4. The van der Waals surface area contributed by atoms with Crippen LogP contribution < -0.4 is 10.2 Å². The molecule has 0 aliphatic rings. The molecule has 8 nitrogen and oxygen atoms in total. The summed E-state index contributed by atoms with van der Waals surface area (Å²) in [6, 6.07) is -0.890. The molecule has 2 N–H and O–H groups in total. The van der Waals surface area contributed by atoms with E-state index >= 15 is 0 Å². The first-order valence-electron chi connectivity index (χ1n) is 35.8. The number of nitrogens with one attached hydrogen (secondary N) is 1. The predicted molar refractivity (Wildman–Crippen MR) is 362 cm³/mol. The third kappa shape index (κ3) is 67.3. The number of likely N-dealkylation sites (N-methyl/N-ethyl adjacent to an activating group) is 1. The summed E-state index contributed by atoms with van der Waals surface area (Å²) in [5.74, 6) is -0.193. The number of rotatable bonds is 66. The zero-order valence-electron chi connectivity index (χ0n) is 55.6. The molecule has 0 aromatic carbocycles. The molecule has 9 heteroatoms. The van der Waals surface area contributed by atoms with Crippen molar-refractivity contribution in [3.05, 3.63) is 72.9 Å². The average Bonchev–Trinajstić information content (AvgIpc) is 3.49. The number of aliphatic hydroxyl groups is 1. The SMILES string of the molecule is CC/C=C\C/C=C\C/C=C\C/C=C\C/C=C\CCCCCCCCCCCCCCCCCCCC(=O)NC(COP(=O)([O-])OCC[N+](C)(C)C)C(O)/C=C/CCCCCCCCCCCCCCCCCCCCCCCCCCCC. The minimum Gasteiger partial charge on any atom is -0.756 e. The van der Waals surface area contributed by atoms with Gasteiger partial charge in [-0.1, -0.05) is 344 Å². The van der Waals surface area contributed by atoms with Crippen LogP contribution in [-0.4, -0.2) is 68.5 Å². The highest BCUT2D eigenvalue weighted by Crippen LogP contribution is 2.38. The molecule has 0 bridgehead atoms. The molecule has 1 amide bonds. The highest BCUT2D eigenvalue weighted by Gasteiger charge is 2.23. The lowest BCUT2D eigenvalue weighted by molar-refractivity contribution is -0.870. The van der Waals surface area contributed by atoms with E-state index in [0.717, 1.165) is 70.6 Å². The molecule has 486 valence electrons. The summed E-state index contributed by atoms with van der Waals surface area (Å²) in [6.45, 7) is 4.58. The van der Waals surface area contributed by atoms with Gasteiger partial charge in [0.05, 0.1) is 39.9 Å². The number of carbonyl (C=O) groups excluding carboxylic acids is 1. The van der Waals surface area contributed by atoms with Crippen molar-refractivity contribution in [2.45, 2.75) is 353 Å². The molecule has 3 unspecified atom stereocenters. The number of hydrogen-bond donors (Lipinski definition) is 2. The lowest BCUT2D eigenvalue weighted by atomic mass is 10.0. The maximum Gasteiger partial charge on any atom is 0.268 e. The Morgan fingerprint density at radius 1 is 0.434 bits per heavy atom. The zero-order valence-corrected chi connectivity index (χ0v) is 56.5. The Labute approximate surface area is 516 Å². The standard InChI is InChI=1S/C74H139N2O6P/c1-6-8-10-12-14-16-18-20-22-24-26-28-30-32-34-36-37-38-39-40-42-44-46-48-50-52-54-56-58-60-62-64-66-68-74(78)75-72(71-82-83(79,80)81-70-69-76(3,4)5)73(77)67-65-63-61-59-57-55-53-51-49-47-45-43-41-35-33-31-29-27-25-23-21-19-17-15-13-11-9-7-2/h8,10,14,16,20,22,26,28,32,34,65,67,72-73,77H,6-7,9,11-13,15,17-19,21,23-25,27,29-31,33,35-64,66,68-71H2,1-5H3,(H-,75,78,79,80)/b10-8-,16-14-,22-20-,28-26-,34-32-,67-65+. The highest BCUT2D eigenvalue weighted by molar-refractivity contribution is 7.45. The summed E-state index contributed by atoms with van der Waals surface area (Å²) >= 11 is 0. The van der Waals surface area contributed by atoms with Gasteiger partial charge in [-0.15, -0.1) is 0 Å². The smallest absolute Gasteiger partial charge is 0.268 e. The lowest BCUT2D eigenvalue weighted by Crippen LogP contribution is -2.45. The zero-order chi connectivity index (χ0) is 60.5. The van der Waals surface area contributed by atoms with Crippen molar-refractivity contribution in [2.75, 3.05) is 40.9 Å². The van der Waals surface area contributed by atoms with E-state index in [9.17, 15) is 19.4 Å². The lowest BCUT2D eigenvalue weighted by Gasteiger charge is -2.29. The Balaban J connectivity index is 4.05. The Kier molecular flexibility index (Phi) is 62.8. The van der Waals surface area contributed by atoms with Gasteiger partial charge in [0.2, 0.25) is 5.91 Å². The molecule has 0 heterocycles. The van der Waals surface area contributed by atoms with E-state index in [1.807, 2.05) is 27.2 Å². The molecular weight excluding hydrogens is 1040 g/mol. The molecule has 0 saturated carbocycles. The van der Waals surface area contributed by atoms with Gasteiger partial charge < -0.3 is 28.8 Å². The minimum atomic E-state index is -4.61. The summed E-state index contributed by atoms with van der Waals surface area (Å²) in [5.41, 5.74) is 0. The number of amides is 1. The molecule has 0 saturated heterocycles. The third-order valence-electron chi connectivity index (χ3n) is 16.2. The van der Waals surface area contributed by atoms with Crippen molar-refractivity contribution >= 4 is 13.7 Å². The van der Waals surface area contributed by atoms with E-state index in [1.165, 1.54) is 250 Å². The normalized spacial score (nSPS) is 14.1.